The van der Waals surface area contributed by atoms with Crippen LogP contribution in [-0.2, 0) is 19.0 Å². The number of rotatable bonds is 14. The molecule has 7 nitrogen and oxygen atoms in total. The van der Waals surface area contributed by atoms with Gasteiger partial charge in [-0.2, -0.15) is 0 Å². The number of carbonyl (C=O) groups excluding carboxylic acids is 1. The minimum atomic E-state index is 0.0969. The van der Waals surface area contributed by atoms with E-state index >= 15 is 0 Å². The topological polar surface area (TPSA) is 63.3 Å². The molecule has 0 saturated carbocycles. The number of nitrogens with zero attached hydrogens (tertiary/aromatic N) is 2. The third-order valence-corrected chi connectivity index (χ3v) is 4.05. The number of carbonyl (C=O) groups is 1. The summed E-state index contributed by atoms with van der Waals surface area (Å²) in [5.74, 6) is 0.0969. The van der Waals surface area contributed by atoms with Crippen LogP contribution in [0.25, 0.3) is 0 Å². The zero-order chi connectivity index (χ0) is 17.5. The Bertz CT molecular complexity index is 310. The number of nitrogens with one attached hydrogen (secondary N) is 1. The van der Waals surface area contributed by atoms with Gasteiger partial charge < -0.3 is 19.5 Å². The van der Waals surface area contributed by atoms with Crippen molar-refractivity contribution in [3.05, 3.63) is 0 Å². The van der Waals surface area contributed by atoms with Gasteiger partial charge in [0.05, 0.1) is 33.0 Å². The first-order valence-corrected chi connectivity index (χ1v) is 9.12. The average molecular weight is 345 g/mol. The van der Waals surface area contributed by atoms with E-state index in [1.165, 1.54) is 0 Å². The van der Waals surface area contributed by atoms with Gasteiger partial charge in [-0.25, -0.2) is 0 Å². The van der Waals surface area contributed by atoms with E-state index < -0.39 is 0 Å². The number of methoxy groups -OCH3 is 1. The Morgan fingerprint density at radius 3 is 2.08 bits per heavy atom. The fourth-order valence-corrected chi connectivity index (χ4v) is 2.55. The predicted octanol–water partition coefficient (Wildman–Crippen LogP) is 0.200. The monoisotopic (exact) mass is 345 g/mol. The van der Waals surface area contributed by atoms with Gasteiger partial charge in [-0.3, -0.25) is 14.6 Å². The molecule has 1 heterocycles. The molecule has 1 aliphatic heterocycles. The van der Waals surface area contributed by atoms with E-state index in [9.17, 15) is 4.79 Å². The Kier molecular flexibility index (Phi) is 13.0. The molecule has 1 aliphatic rings. The first-order valence-electron chi connectivity index (χ1n) is 9.12. The first kappa shape index (κ1) is 21.3. The van der Waals surface area contributed by atoms with E-state index in [2.05, 4.69) is 15.1 Å². The van der Waals surface area contributed by atoms with E-state index in [-0.39, 0.29) is 5.91 Å². The molecule has 0 atom stereocenters. The van der Waals surface area contributed by atoms with Crippen LogP contribution in [0.15, 0.2) is 0 Å². The Hall–Kier alpha value is -0.730. The predicted molar refractivity (Wildman–Crippen MR) is 94.3 cm³/mol. The zero-order valence-electron chi connectivity index (χ0n) is 15.4. The normalized spacial score (nSPS) is 16.4. The van der Waals surface area contributed by atoms with Crippen LogP contribution in [-0.4, -0.2) is 102 Å². The molecule has 0 aromatic heterocycles. The lowest BCUT2D eigenvalue weighted by molar-refractivity contribution is -0.121. The maximum atomic E-state index is 11.2. The second-order valence-electron chi connectivity index (χ2n) is 6.00. The van der Waals surface area contributed by atoms with Gasteiger partial charge in [0.1, 0.15) is 0 Å². The maximum Gasteiger partial charge on any atom is 0.220 e. The summed E-state index contributed by atoms with van der Waals surface area (Å²) in [5, 5.41) is 2.82. The Balaban J connectivity index is 1.83. The van der Waals surface area contributed by atoms with Crippen molar-refractivity contribution < 1.29 is 19.0 Å². The molecule has 1 fully saturated rings. The van der Waals surface area contributed by atoms with Crippen LogP contribution in [0, 0.1) is 0 Å². The van der Waals surface area contributed by atoms with Crippen LogP contribution in [0.5, 0.6) is 0 Å². The second-order valence-corrected chi connectivity index (χ2v) is 6.00. The van der Waals surface area contributed by atoms with Crippen molar-refractivity contribution >= 4 is 5.91 Å². The zero-order valence-corrected chi connectivity index (χ0v) is 15.4. The van der Waals surface area contributed by atoms with Crippen LogP contribution in [0.1, 0.15) is 19.8 Å². The van der Waals surface area contributed by atoms with Crippen molar-refractivity contribution in [2.24, 2.45) is 0 Å². The summed E-state index contributed by atoms with van der Waals surface area (Å²) in [6.45, 7) is 12.3. The molecule has 0 aromatic carbocycles. The molecule has 0 aliphatic carbocycles. The molecule has 142 valence electrons. The van der Waals surface area contributed by atoms with Crippen molar-refractivity contribution in [3.8, 4) is 0 Å². The van der Waals surface area contributed by atoms with Crippen molar-refractivity contribution in [3.63, 3.8) is 0 Å². The summed E-state index contributed by atoms with van der Waals surface area (Å²) in [5.41, 5.74) is 0. The first-order chi connectivity index (χ1) is 11.8. The molecule has 0 unspecified atom stereocenters. The standard InChI is InChI=1S/C17H35N3O4/c1-3-4-17(21)18-5-12-23-15-16-24-14-11-20-8-6-19(7-9-20)10-13-22-2/h3-16H2,1-2H3,(H,18,21). The highest BCUT2D eigenvalue weighted by Gasteiger charge is 2.15. The summed E-state index contributed by atoms with van der Waals surface area (Å²) in [7, 11) is 1.75. The van der Waals surface area contributed by atoms with Gasteiger partial charge in [0.25, 0.3) is 0 Å². The number of piperazine rings is 1. The third-order valence-electron chi connectivity index (χ3n) is 4.05. The van der Waals surface area contributed by atoms with Gasteiger partial charge in [-0.15, -0.1) is 0 Å². The summed E-state index contributed by atoms with van der Waals surface area (Å²) >= 11 is 0. The molecule has 1 amide bonds. The smallest absolute Gasteiger partial charge is 0.220 e. The number of hydrogen-bond acceptors (Lipinski definition) is 6. The van der Waals surface area contributed by atoms with Gasteiger partial charge >= 0.3 is 0 Å². The van der Waals surface area contributed by atoms with Crippen molar-refractivity contribution in [1.82, 2.24) is 15.1 Å². The third kappa shape index (κ3) is 10.9. The second kappa shape index (κ2) is 14.6. The van der Waals surface area contributed by atoms with Crippen LogP contribution in [0.3, 0.4) is 0 Å². The minimum Gasteiger partial charge on any atom is -0.383 e. The van der Waals surface area contributed by atoms with Crippen molar-refractivity contribution in [2.45, 2.75) is 19.8 Å². The molecule has 0 radical (unpaired) electrons. The van der Waals surface area contributed by atoms with E-state index in [0.717, 1.165) is 58.9 Å². The van der Waals surface area contributed by atoms with Crippen LogP contribution in [0.2, 0.25) is 0 Å². The van der Waals surface area contributed by atoms with Gasteiger partial charge in [0.2, 0.25) is 5.91 Å². The maximum absolute atomic E-state index is 11.2. The average Bonchev–Trinajstić information content (AvgIpc) is 2.59. The number of hydrogen-bond donors (Lipinski definition) is 1. The van der Waals surface area contributed by atoms with Gasteiger partial charge in [-0.1, -0.05) is 6.92 Å². The quantitative estimate of drug-likeness (QED) is 0.454. The SMILES string of the molecule is CCCC(=O)NCCOCCOCCN1CCN(CCOC)CC1. The van der Waals surface area contributed by atoms with E-state index in [4.69, 9.17) is 14.2 Å². The fraction of sp³-hybridized carbons (Fsp3) is 0.941. The fourth-order valence-electron chi connectivity index (χ4n) is 2.55. The lowest BCUT2D eigenvalue weighted by Gasteiger charge is -2.34. The van der Waals surface area contributed by atoms with Crippen LogP contribution >= 0.6 is 0 Å². The van der Waals surface area contributed by atoms with E-state index in [1.807, 2.05) is 6.92 Å². The largest absolute Gasteiger partial charge is 0.383 e. The minimum absolute atomic E-state index is 0.0969. The Labute approximate surface area is 146 Å². The van der Waals surface area contributed by atoms with Gasteiger partial charge in [0.15, 0.2) is 0 Å². The molecule has 0 aromatic rings. The summed E-state index contributed by atoms with van der Waals surface area (Å²) in [4.78, 5) is 16.1. The lowest BCUT2D eigenvalue weighted by Crippen LogP contribution is -2.48. The number of ether oxygens (including phenoxy) is 3. The Morgan fingerprint density at radius 1 is 0.917 bits per heavy atom. The van der Waals surface area contributed by atoms with E-state index in [1.54, 1.807) is 7.11 Å². The summed E-state index contributed by atoms with van der Waals surface area (Å²) in [6.07, 6.45) is 1.46. The molecular formula is C17H35N3O4. The molecule has 0 spiro atoms. The van der Waals surface area contributed by atoms with Gasteiger partial charge in [-0.05, 0) is 6.42 Å². The molecule has 1 rings (SSSR count). The molecule has 7 heteroatoms. The summed E-state index contributed by atoms with van der Waals surface area (Å²) < 4.78 is 16.2. The lowest BCUT2D eigenvalue weighted by atomic mass is 10.3. The highest BCUT2D eigenvalue weighted by atomic mass is 16.5. The Morgan fingerprint density at radius 2 is 1.50 bits per heavy atom. The van der Waals surface area contributed by atoms with Crippen molar-refractivity contribution in [1.29, 1.82) is 0 Å². The molecule has 24 heavy (non-hydrogen) atoms. The van der Waals surface area contributed by atoms with E-state index in [0.29, 0.717) is 32.8 Å². The molecule has 1 N–H and O–H groups in total. The van der Waals surface area contributed by atoms with Crippen LogP contribution in [0.4, 0.5) is 0 Å². The molecule has 0 bridgehead atoms. The van der Waals surface area contributed by atoms with Gasteiger partial charge in [0, 0.05) is 59.3 Å². The summed E-state index contributed by atoms with van der Waals surface area (Å²) in [6, 6.07) is 0. The number of amides is 1. The highest BCUT2D eigenvalue weighted by Crippen LogP contribution is 2.01. The highest BCUT2D eigenvalue weighted by molar-refractivity contribution is 5.75. The molecule has 1 saturated heterocycles. The van der Waals surface area contributed by atoms with Crippen LogP contribution < -0.4 is 5.32 Å². The molecular weight excluding hydrogens is 310 g/mol. The van der Waals surface area contributed by atoms with Crippen molar-refractivity contribution in [2.75, 3.05) is 86.0 Å².